The SMILES string of the molecule is C=C(c1ccccc1)c1ccc([SiH2]CC(N(CCC)CCC)N(CCC)CCC)cc1. The minimum Gasteiger partial charge on any atom is -0.288 e. The highest BCUT2D eigenvalue weighted by molar-refractivity contribution is 6.53. The van der Waals surface area contributed by atoms with Crippen molar-refractivity contribution in [1.29, 1.82) is 0 Å². The second kappa shape index (κ2) is 14.4. The van der Waals surface area contributed by atoms with Crippen LogP contribution in [0.25, 0.3) is 5.57 Å². The molecule has 2 aromatic carbocycles. The molecule has 0 heterocycles. The summed E-state index contributed by atoms with van der Waals surface area (Å²) in [5.74, 6) is 0. The number of hydrogen-bond donors (Lipinski definition) is 0. The largest absolute Gasteiger partial charge is 0.288 e. The first-order chi connectivity index (χ1) is 15.1. The Labute approximate surface area is 194 Å². The summed E-state index contributed by atoms with van der Waals surface area (Å²) < 4.78 is 0. The number of benzene rings is 2. The van der Waals surface area contributed by atoms with Crippen LogP contribution in [-0.2, 0) is 0 Å². The molecule has 0 atom stereocenters. The van der Waals surface area contributed by atoms with Crippen LogP contribution in [0.2, 0.25) is 6.04 Å². The Balaban J connectivity index is 2.11. The van der Waals surface area contributed by atoms with E-state index in [1.54, 1.807) is 5.19 Å². The average molecular weight is 437 g/mol. The number of hydrogen-bond acceptors (Lipinski definition) is 2. The van der Waals surface area contributed by atoms with Crippen molar-refractivity contribution < 1.29 is 0 Å². The van der Waals surface area contributed by atoms with Gasteiger partial charge < -0.3 is 0 Å². The molecule has 170 valence electrons. The standard InChI is InChI=1S/C28H44N2Si/c1-6-19-29(20-7-2)28(30(21-8-3)22-9-4)23-31-27-17-15-26(16-18-27)24(5)25-13-11-10-12-14-25/h10-18,28H,5-9,19-23,31H2,1-4H3. The van der Waals surface area contributed by atoms with Gasteiger partial charge in [-0.2, -0.15) is 0 Å². The molecule has 2 rings (SSSR count). The Morgan fingerprint density at radius 1 is 0.710 bits per heavy atom. The molecule has 0 fully saturated rings. The third-order valence-corrected chi connectivity index (χ3v) is 7.86. The normalized spacial score (nSPS) is 12.0. The van der Waals surface area contributed by atoms with Crippen molar-refractivity contribution in [2.24, 2.45) is 0 Å². The van der Waals surface area contributed by atoms with E-state index >= 15 is 0 Å². The van der Waals surface area contributed by atoms with E-state index in [0.717, 1.165) is 5.57 Å². The molecule has 0 radical (unpaired) electrons. The molecule has 0 spiro atoms. The Kier molecular flexibility index (Phi) is 11.9. The summed E-state index contributed by atoms with van der Waals surface area (Å²) in [4.78, 5) is 5.54. The summed E-state index contributed by atoms with van der Waals surface area (Å²) in [6.45, 7) is 18.5. The monoisotopic (exact) mass is 436 g/mol. The van der Waals surface area contributed by atoms with Gasteiger partial charge in [-0.1, -0.05) is 94.1 Å². The third-order valence-electron chi connectivity index (χ3n) is 6.00. The van der Waals surface area contributed by atoms with E-state index in [1.165, 1.54) is 69.0 Å². The van der Waals surface area contributed by atoms with Gasteiger partial charge in [0.05, 0.1) is 15.7 Å². The number of rotatable bonds is 15. The van der Waals surface area contributed by atoms with Gasteiger partial charge in [-0.25, -0.2) is 0 Å². The Morgan fingerprint density at radius 2 is 1.16 bits per heavy atom. The maximum atomic E-state index is 4.33. The average Bonchev–Trinajstić information content (AvgIpc) is 2.80. The zero-order valence-electron chi connectivity index (χ0n) is 20.4. The van der Waals surface area contributed by atoms with Gasteiger partial charge in [0.2, 0.25) is 0 Å². The van der Waals surface area contributed by atoms with Crippen LogP contribution in [0.3, 0.4) is 0 Å². The molecule has 0 aliphatic carbocycles. The smallest absolute Gasteiger partial charge is 0.0596 e. The molecular formula is C28H44N2Si. The van der Waals surface area contributed by atoms with Gasteiger partial charge in [0, 0.05) is 0 Å². The molecule has 2 nitrogen and oxygen atoms in total. The van der Waals surface area contributed by atoms with Crippen LogP contribution in [0.15, 0.2) is 61.2 Å². The predicted molar refractivity (Wildman–Crippen MR) is 142 cm³/mol. The highest BCUT2D eigenvalue weighted by Crippen LogP contribution is 2.20. The quantitative estimate of drug-likeness (QED) is 0.267. The maximum absolute atomic E-state index is 4.33. The molecule has 0 aliphatic heterocycles. The van der Waals surface area contributed by atoms with E-state index in [4.69, 9.17) is 0 Å². The molecular weight excluding hydrogens is 392 g/mol. The topological polar surface area (TPSA) is 6.48 Å². The predicted octanol–water partition coefficient (Wildman–Crippen LogP) is 5.53. The van der Waals surface area contributed by atoms with Crippen LogP contribution in [-0.4, -0.2) is 51.7 Å². The molecule has 3 heteroatoms. The lowest BCUT2D eigenvalue weighted by Gasteiger charge is -2.40. The lowest BCUT2D eigenvalue weighted by molar-refractivity contribution is 0.0544. The molecule has 0 saturated carbocycles. The summed E-state index contributed by atoms with van der Waals surface area (Å²) >= 11 is 0. The van der Waals surface area contributed by atoms with Crippen molar-refractivity contribution in [1.82, 2.24) is 9.80 Å². The molecule has 0 amide bonds. The van der Waals surface area contributed by atoms with E-state index in [2.05, 4.69) is 98.7 Å². The van der Waals surface area contributed by atoms with E-state index < -0.39 is 0 Å². The molecule has 0 aromatic heterocycles. The van der Waals surface area contributed by atoms with Crippen LogP contribution in [0.4, 0.5) is 0 Å². The van der Waals surface area contributed by atoms with Gasteiger partial charge in [-0.15, -0.1) is 0 Å². The van der Waals surface area contributed by atoms with E-state index in [-0.39, 0.29) is 9.52 Å². The van der Waals surface area contributed by atoms with Gasteiger partial charge in [-0.3, -0.25) is 9.80 Å². The summed E-state index contributed by atoms with van der Waals surface area (Å²) in [6, 6.07) is 21.1. The van der Waals surface area contributed by atoms with Gasteiger partial charge in [0.25, 0.3) is 0 Å². The molecule has 0 unspecified atom stereocenters. The first-order valence-electron chi connectivity index (χ1n) is 12.5. The van der Waals surface area contributed by atoms with Crippen LogP contribution in [0.5, 0.6) is 0 Å². The lowest BCUT2D eigenvalue weighted by Crippen LogP contribution is -2.50. The highest BCUT2D eigenvalue weighted by Gasteiger charge is 2.23. The van der Waals surface area contributed by atoms with Gasteiger partial charge in [-0.05, 0) is 74.6 Å². The van der Waals surface area contributed by atoms with Gasteiger partial charge in [0.1, 0.15) is 0 Å². The summed E-state index contributed by atoms with van der Waals surface area (Å²) in [7, 11) is -0.329. The Morgan fingerprint density at radius 3 is 1.61 bits per heavy atom. The molecule has 0 saturated heterocycles. The maximum Gasteiger partial charge on any atom is 0.0596 e. The second-order valence-corrected chi connectivity index (χ2v) is 10.5. The van der Waals surface area contributed by atoms with E-state index in [0.29, 0.717) is 6.17 Å². The van der Waals surface area contributed by atoms with E-state index in [1.807, 2.05) is 0 Å². The van der Waals surface area contributed by atoms with Crippen LogP contribution < -0.4 is 5.19 Å². The minimum atomic E-state index is -0.329. The van der Waals surface area contributed by atoms with Crippen molar-refractivity contribution in [3.05, 3.63) is 72.3 Å². The van der Waals surface area contributed by atoms with Crippen LogP contribution in [0, 0.1) is 0 Å². The summed E-state index contributed by atoms with van der Waals surface area (Å²) in [5.41, 5.74) is 3.55. The number of nitrogens with zero attached hydrogens (tertiary/aromatic N) is 2. The summed E-state index contributed by atoms with van der Waals surface area (Å²) in [5, 5.41) is 1.57. The Bertz CT molecular complexity index is 713. The Hall–Kier alpha value is -1.68. The minimum absolute atomic E-state index is 0.329. The lowest BCUT2D eigenvalue weighted by atomic mass is 10.00. The fourth-order valence-corrected chi connectivity index (χ4v) is 6.43. The zero-order valence-corrected chi connectivity index (χ0v) is 21.9. The van der Waals surface area contributed by atoms with E-state index in [9.17, 15) is 0 Å². The van der Waals surface area contributed by atoms with Gasteiger partial charge >= 0.3 is 0 Å². The first kappa shape index (κ1) is 25.6. The van der Waals surface area contributed by atoms with Gasteiger partial charge in [0.15, 0.2) is 0 Å². The molecule has 31 heavy (non-hydrogen) atoms. The molecule has 0 bridgehead atoms. The molecule has 2 aromatic rings. The fraction of sp³-hybridized carbons (Fsp3) is 0.500. The second-order valence-electron chi connectivity index (χ2n) is 8.63. The zero-order chi connectivity index (χ0) is 22.5. The van der Waals surface area contributed by atoms with Crippen molar-refractivity contribution in [2.75, 3.05) is 26.2 Å². The third kappa shape index (κ3) is 8.06. The fourth-order valence-electron chi connectivity index (χ4n) is 4.54. The summed E-state index contributed by atoms with van der Waals surface area (Å²) in [6.07, 6.45) is 5.55. The van der Waals surface area contributed by atoms with Crippen LogP contribution in [0.1, 0.15) is 64.5 Å². The van der Waals surface area contributed by atoms with Crippen molar-refractivity contribution in [2.45, 2.75) is 65.6 Å². The molecule has 0 aliphatic rings. The van der Waals surface area contributed by atoms with Crippen LogP contribution >= 0.6 is 0 Å². The molecule has 0 N–H and O–H groups in total. The highest BCUT2D eigenvalue weighted by atomic mass is 28.2. The first-order valence-corrected chi connectivity index (χ1v) is 14.2. The van der Waals surface area contributed by atoms with Crippen molar-refractivity contribution >= 4 is 20.3 Å². The van der Waals surface area contributed by atoms with Crippen molar-refractivity contribution in [3.63, 3.8) is 0 Å². The van der Waals surface area contributed by atoms with Crippen molar-refractivity contribution in [3.8, 4) is 0 Å².